The van der Waals surface area contributed by atoms with Crippen LogP contribution in [0.4, 0.5) is 23.2 Å². The van der Waals surface area contributed by atoms with Crippen LogP contribution >= 0.6 is 180 Å². The molecule has 0 bridgehead atoms. The first-order valence-electron chi connectivity index (χ1n) is 43.8. The minimum absolute atomic E-state index is 0.0154. The Morgan fingerprint density at radius 3 is 0.948 bits per heavy atom. The third-order valence-electron chi connectivity index (χ3n) is 20.4. The first-order chi connectivity index (χ1) is 60.6. The Balaban J connectivity index is 0.000000737. The summed E-state index contributed by atoms with van der Waals surface area (Å²) in [5.74, 6) is 1.47. The van der Waals surface area contributed by atoms with E-state index in [9.17, 15) is 17.6 Å². The summed E-state index contributed by atoms with van der Waals surface area (Å²) in [6, 6.07) is 62.0. The molecule has 0 saturated heterocycles. The molecule has 11 aromatic carbocycles. The highest BCUT2D eigenvalue weighted by molar-refractivity contribution is 9.11. The summed E-state index contributed by atoms with van der Waals surface area (Å²) >= 11 is 71.4. The maximum Gasteiger partial charge on any atom is 0.201 e. The van der Waals surface area contributed by atoms with Crippen molar-refractivity contribution in [2.45, 2.75) is 302 Å². The highest BCUT2D eigenvalue weighted by Gasteiger charge is 2.25. The van der Waals surface area contributed by atoms with E-state index in [1.807, 2.05) is 139 Å². The van der Waals surface area contributed by atoms with Crippen LogP contribution in [0.1, 0.15) is 306 Å². The van der Waals surface area contributed by atoms with E-state index < -0.39 is 0 Å². The van der Waals surface area contributed by atoms with Crippen molar-refractivity contribution in [2.24, 2.45) is 0 Å². The number of hydrogen-bond donors (Lipinski definition) is 0. The molecule has 0 amide bonds. The average molecular weight is 2290 g/mol. The van der Waals surface area contributed by atoms with Gasteiger partial charge in [0, 0.05) is 39.1 Å². The summed E-state index contributed by atoms with van der Waals surface area (Å²) in [5.41, 5.74) is 17.4. The zero-order valence-corrected chi connectivity index (χ0v) is 98.8. The van der Waals surface area contributed by atoms with Gasteiger partial charge in [0.15, 0.2) is 0 Å². The summed E-state index contributed by atoms with van der Waals surface area (Å²) in [4.78, 5) is 3.45. The van der Waals surface area contributed by atoms with Gasteiger partial charge in [0.2, 0.25) is 5.69 Å². The second-order valence-corrected chi connectivity index (χ2v) is 51.2. The molecule has 0 heterocycles. The molecule has 730 valence electrons. The molecule has 0 atom stereocenters. The van der Waals surface area contributed by atoms with Crippen molar-refractivity contribution >= 4 is 185 Å². The van der Waals surface area contributed by atoms with Crippen LogP contribution in [-0.4, -0.2) is 0 Å². The van der Waals surface area contributed by atoms with Gasteiger partial charge in [0.05, 0.1) is 41.2 Å². The molecule has 11 rings (SSSR count). The molecule has 0 N–H and O–H groups in total. The molecular formula is C115H139Br4Cl10F4N. The first-order valence-corrected chi connectivity index (χ1v) is 50.7. The molecule has 134 heavy (non-hydrogen) atoms. The number of halogens is 18. The number of hydrogen-bond acceptors (Lipinski definition) is 0. The van der Waals surface area contributed by atoms with Crippen LogP contribution in [0.2, 0.25) is 50.2 Å². The van der Waals surface area contributed by atoms with E-state index >= 15 is 0 Å². The van der Waals surface area contributed by atoms with Gasteiger partial charge in [-0.2, -0.15) is 0 Å². The summed E-state index contributed by atoms with van der Waals surface area (Å²) in [6.45, 7) is 81.1. The van der Waals surface area contributed by atoms with Gasteiger partial charge >= 0.3 is 0 Å². The quantitative estimate of drug-likeness (QED) is 0.0810. The SMILES string of the molecule is C#Cc1cc(C(C)(C)C)ccc1Br.CC(C)(C)c1ccc(Br)c(Cl)c1.CC(C)(C)c1ccc(Br)c(F)c1.CC(C)(C)c1ccc(Cl)c(Cl)c1.CC(C)(C)c1ccc(Cl)c(F)c1.CC(C)(C)c1ccc(Cl)cc1Cl.CC(C)(C)c1ccc(F)c(Cl)c1.CC(C)(C)c1cccc(Cl)c1F.Cc1cc(C(C)(C)C)ccc1Cl.Cc1cc(Cl)ccc1C(C)(C)C.[C-]#[N+]c1cc(C(C)(C)C)ccc1Br. The van der Waals surface area contributed by atoms with E-state index in [2.05, 4.69) is 311 Å². The second kappa shape index (κ2) is 54.3. The van der Waals surface area contributed by atoms with Crippen LogP contribution in [-0.2, 0) is 59.6 Å². The van der Waals surface area contributed by atoms with Crippen LogP contribution in [0, 0.1) is 56.0 Å². The summed E-state index contributed by atoms with van der Waals surface area (Å²) in [6.07, 6.45) is 5.38. The normalized spacial score (nSPS) is 11.6. The van der Waals surface area contributed by atoms with Crippen molar-refractivity contribution in [3.63, 3.8) is 0 Å². The van der Waals surface area contributed by atoms with Gasteiger partial charge < -0.3 is 0 Å². The Labute approximate surface area is 889 Å². The summed E-state index contributed by atoms with van der Waals surface area (Å²) in [5, 5.41) is 5.70. The van der Waals surface area contributed by atoms with E-state index in [1.165, 1.54) is 51.1 Å². The van der Waals surface area contributed by atoms with E-state index in [-0.39, 0.29) is 97.9 Å². The van der Waals surface area contributed by atoms with E-state index in [0.29, 0.717) is 30.8 Å². The minimum atomic E-state index is -0.357. The Morgan fingerprint density at radius 1 is 0.254 bits per heavy atom. The second-order valence-electron chi connectivity index (χ2n) is 43.7. The van der Waals surface area contributed by atoms with Crippen molar-refractivity contribution in [3.8, 4) is 12.3 Å². The van der Waals surface area contributed by atoms with E-state index in [0.717, 1.165) is 66.9 Å². The molecule has 1 nitrogen and oxygen atoms in total. The number of rotatable bonds is 0. The Kier molecular flexibility index (Phi) is 51.5. The lowest BCUT2D eigenvalue weighted by Crippen LogP contribution is -2.13. The zero-order valence-electron chi connectivity index (χ0n) is 84.9. The maximum atomic E-state index is 13.4. The van der Waals surface area contributed by atoms with Crippen molar-refractivity contribution < 1.29 is 17.6 Å². The molecule has 0 aliphatic heterocycles. The number of nitrogens with zero attached hydrogens (tertiary/aromatic N) is 1. The van der Waals surface area contributed by atoms with Gasteiger partial charge in [-0.25, -0.2) is 22.4 Å². The van der Waals surface area contributed by atoms with Gasteiger partial charge in [-0.05, 0) is 297 Å². The molecule has 0 saturated carbocycles. The van der Waals surface area contributed by atoms with E-state index in [4.69, 9.17) is 129 Å². The minimum Gasteiger partial charge on any atom is -0.237 e. The fourth-order valence-electron chi connectivity index (χ4n) is 11.7. The number of aryl methyl sites for hydroxylation is 2. The van der Waals surface area contributed by atoms with Crippen molar-refractivity contribution in [3.05, 3.63) is 381 Å². The van der Waals surface area contributed by atoms with Crippen LogP contribution in [0.3, 0.4) is 0 Å². The lowest BCUT2D eigenvalue weighted by atomic mass is 9.84. The number of benzene rings is 11. The fraction of sp³-hybridized carbons (Fsp3) is 0.400. The lowest BCUT2D eigenvalue weighted by molar-refractivity contribution is 0.523. The van der Waals surface area contributed by atoms with Gasteiger partial charge in [-0.1, -0.05) is 463 Å². The van der Waals surface area contributed by atoms with E-state index in [1.54, 1.807) is 54.6 Å². The van der Waals surface area contributed by atoms with Crippen LogP contribution in [0.25, 0.3) is 4.85 Å². The molecule has 19 heteroatoms. The Hall–Kier alpha value is -4.99. The maximum absolute atomic E-state index is 13.4. The number of terminal acetylenes is 1. The highest BCUT2D eigenvalue weighted by atomic mass is 79.9. The Bertz CT molecular complexity index is 5100. The van der Waals surface area contributed by atoms with Crippen LogP contribution in [0.15, 0.2) is 218 Å². The van der Waals surface area contributed by atoms with Crippen molar-refractivity contribution in [1.29, 1.82) is 0 Å². The topological polar surface area (TPSA) is 4.36 Å². The smallest absolute Gasteiger partial charge is 0.201 e. The van der Waals surface area contributed by atoms with Crippen molar-refractivity contribution in [1.82, 2.24) is 0 Å². The summed E-state index contributed by atoms with van der Waals surface area (Å²) < 4.78 is 55.5. The standard InChI is InChI=1S/C12H13Br.C11H12BrN.2C11H15Cl.C10H12BrCl.C10H12BrF.2C10H12Cl2.3C10H12ClF/c1-5-9-8-10(12(2,3)4)6-7-11(9)13;1-11(2,3)8-5-6-9(12)10(7-8)13-4;1-8-7-9(12)5-6-10(8)11(2,3)4;1-8-7-9(11(2,3)4)5-6-10(8)12;2*1-10(2,3)7-4-5-8(11)9(12)6-7;1-10(2,3)8-5-4-7(11)6-9(8)12;1-10(2,3)7-4-5-8(11)9(12)6-7;1-10(2,3)7-4-5-9(12)8(11)6-7;1-10(2,3)7-4-5-8(11)9(12)6-7;1-10(2,3)7-5-4-6-8(11)9(7)12/h1,6-8H,2-4H3;5-7H,1-3H3;2*5-7H,1-4H3;7*4-6H,1-3H3. The van der Waals surface area contributed by atoms with Gasteiger partial charge in [0.1, 0.15) is 23.3 Å². The van der Waals surface area contributed by atoms with Gasteiger partial charge in [-0.15, -0.1) is 6.42 Å². The highest BCUT2D eigenvalue weighted by Crippen LogP contribution is 2.39. The van der Waals surface area contributed by atoms with Crippen LogP contribution in [0.5, 0.6) is 0 Å². The molecule has 0 radical (unpaired) electrons. The molecule has 0 spiro atoms. The van der Waals surface area contributed by atoms with Gasteiger partial charge in [0.25, 0.3) is 0 Å². The van der Waals surface area contributed by atoms with Crippen molar-refractivity contribution in [2.75, 3.05) is 0 Å². The third-order valence-corrected chi connectivity index (χ3v) is 26.4. The monoisotopic (exact) mass is 2280 g/mol. The first kappa shape index (κ1) is 127. The largest absolute Gasteiger partial charge is 0.237 e. The average Bonchev–Trinajstić information content (AvgIpc) is 0.822. The third kappa shape index (κ3) is 46.2. The molecule has 0 aliphatic rings. The predicted octanol–water partition coefficient (Wildman–Crippen LogP) is 44.1. The fourth-order valence-corrected chi connectivity index (χ4v) is 14.9. The summed E-state index contributed by atoms with van der Waals surface area (Å²) in [7, 11) is 0. The van der Waals surface area contributed by atoms with Gasteiger partial charge in [-0.3, -0.25) is 0 Å². The molecular weight excluding hydrogens is 2150 g/mol. The molecule has 0 fully saturated rings. The lowest BCUT2D eigenvalue weighted by Gasteiger charge is -2.21. The molecule has 0 unspecified atom stereocenters. The molecule has 0 aliphatic carbocycles. The zero-order chi connectivity index (χ0) is 104. The Morgan fingerprint density at radius 2 is 0.590 bits per heavy atom. The van der Waals surface area contributed by atoms with Crippen LogP contribution < -0.4 is 0 Å². The molecule has 0 aromatic heterocycles. The predicted molar refractivity (Wildman–Crippen MR) is 601 cm³/mol. The molecule has 11 aromatic rings.